The molecule has 0 amide bonds. The van der Waals surface area contributed by atoms with Crippen LogP contribution in [0, 0.1) is 0 Å². The van der Waals surface area contributed by atoms with Gasteiger partial charge in [0.1, 0.15) is 0 Å². The topological polar surface area (TPSA) is 26.0 Å². The SMILES string of the molecule is CCC(C)c1ccc(C2(C(C)N)CC2)cc1Br. The molecular weight excluding hydrogens is 274 g/mol. The third-order valence-electron chi connectivity index (χ3n) is 4.38. The number of hydrogen-bond donors (Lipinski definition) is 1. The molecule has 0 radical (unpaired) electrons. The summed E-state index contributed by atoms with van der Waals surface area (Å²) >= 11 is 3.72. The lowest BCUT2D eigenvalue weighted by atomic mass is 9.87. The molecule has 17 heavy (non-hydrogen) atoms. The predicted octanol–water partition coefficient (Wildman–Crippen LogP) is 4.34. The van der Waals surface area contributed by atoms with Gasteiger partial charge in [0.25, 0.3) is 0 Å². The van der Waals surface area contributed by atoms with Gasteiger partial charge in [0.05, 0.1) is 0 Å². The van der Waals surface area contributed by atoms with Crippen LogP contribution in [0.4, 0.5) is 0 Å². The molecule has 0 aromatic heterocycles. The number of halogens is 1. The van der Waals surface area contributed by atoms with E-state index < -0.39 is 0 Å². The molecule has 1 aliphatic rings. The number of nitrogens with two attached hydrogens (primary N) is 1. The maximum absolute atomic E-state index is 6.12. The Balaban J connectivity index is 2.32. The average Bonchev–Trinajstić information content (AvgIpc) is 3.09. The van der Waals surface area contributed by atoms with Crippen LogP contribution in [0.1, 0.15) is 57.1 Å². The lowest BCUT2D eigenvalue weighted by Crippen LogP contribution is -2.31. The molecule has 0 bridgehead atoms. The molecule has 1 saturated carbocycles. The van der Waals surface area contributed by atoms with E-state index in [1.807, 2.05) is 0 Å². The van der Waals surface area contributed by atoms with Crippen molar-refractivity contribution in [3.63, 3.8) is 0 Å². The fourth-order valence-electron chi connectivity index (χ4n) is 2.60. The van der Waals surface area contributed by atoms with Crippen molar-refractivity contribution in [1.29, 1.82) is 0 Å². The van der Waals surface area contributed by atoms with Gasteiger partial charge < -0.3 is 5.73 Å². The number of rotatable bonds is 4. The second-order valence-electron chi connectivity index (χ2n) is 5.49. The summed E-state index contributed by atoms with van der Waals surface area (Å²) in [6.45, 7) is 6.64. The maximum atomic E-state index is 6.12. The minimum Gasteiger partial charge on any atom is -0.327 e. The Labute approximate surface area is 113 Å². The summed E-state index contributed by atoms with van der Waals surface area (Å²) < 4.78 is 1.25. The number of hydrogen-bond acceptors (Lipinski definition) is 1. The van der Waals surface area contributed by atoms with E-state index in [2.05, 4.69) is 54.9 Å². The van der Waals surface area contributed by atoms with E-state index in [0.717, 1.165) is 0 Å². The number of benzene rings is 1. The lowest BCUT2D eigenvalue weighted by Gasteiger charge is -2.22. The molecule has 1 nitrogen and oxygen atoms in total. The Kier molecular flexibility index (Phi) is 3.65. The van der Waals surface area contributed by atoms with Gasteiger partial charge in [-0.15, -0.1) is 0 Å². The summed E-state index contributed by atoms with van der Waals surface area (Å²) in [5.41, 5.74) is 9.21. The van der Waals surface area contributed by atoms with E-state index in [0.29, 0.717) is 5.92 Å². The summed E-state index contributed by atoms with van der Waals surface area (Å²) in [5, 5.41) is 0. The summed E-state index contributed by atoms with van der Waals surface area (Å²) in [7, 11) is 0. The van der Waals surface area contributed by atoms with Crippen molar-refractivity contribution in [1.82, 2.24) is 0 Å². The van der Waals surface area contributed by atoms with Crippen molar-refractivity contribution in [2.45, 2.75) is 57.4 Å². The van der Waals surface area contributed by atoms with Gasteiger partial charge in [0.2, 0.25) is 0 Å². The Morgan fingerprint density at radius 3 is 2.41 bits per heavy atom. The monoisotopic (exact) mass is 295 g/mol. The van der Waals surface area contributed by atoms with E-state index in [-0.39, 0.29) is 11.5 Å². The Morgan fingerprint density at radius 2 is 2.00 bits per heavy atom. The van der Waals surface area contributed by atoms with Gasteiger partial charge in [-0.25, -0.2) is 0 Å². The third kappa shape index (κ3) is 2.30. The van der Waals surface area contributed by atoms with E-state index in [9.17, 15) is 0 Å². The second kappa shape index (κ2) is 4.74. The zero-order valence-electron chi connectivity index (χ0n) is 11.0. The summed E-state index contributed by atoms with van der Waals surface area (Å²) in [6.07, 6.45) is 3.65. The largest absolute Gasteiger partial charge is 0.327 e. The van der Waals surface area contributed by atoms with Crippen molar-refractivity contribution in [3.8, 4) is 0 Å². The quantitative estimate of drug-likeness (QED) is 0.878. The molecule has 0 saturated heterocycles. The Morgan fingerprint density at radius 1 is 1.35 bits per heavy atom. The van der Waals surface area contributed by atoms with Crippen LogP contribution in [-0.4, -0.2) is 6.04 Å². The van der Waals surface area contributed by atoms with E-state index in [1.165, 1.54) is 34.9 Å². The molecule has 2 heteroatoms. The Hall–Kier alpha value is -0.340. The first kappa shape index (κ1) is 13.1. The molecule has 0 spiro atoms. The van der Waals surface area contributed by atoms with Crippen molar-refractivity contribution < 1.29 is 0 Å². The molecule has 0 heterocycles. The minimum absolute atomic E-state index is 0.254. The van der Waals surface area contributed by atoms with E-state index in [4.69, 9.17) is 5.73 Å². The highest BCUT2D eigenvalue weighted by molar-refractivity contribution is 9.10. The van der Waals surface area contributed by atoms with E-state index >= 15 is 0 Å². The highest BCUT2D eigenvalue weighted by Crippen LogP contribution is 2.51. The van der Waals surface area contributed by atoms with Gasteiger partial charge in [0, 0.05) is 15.9 Å². The first-order valence-corrected chi connectivity index (χ1v) is 7.36. The highest BCUT2D eigenvalue weighted by Gasteiger charge is 2.47. The molecular formula is C15H22BrN. The van der Waals surface area contributed by atoms with Crippen LogP contribution in [-0.2, 0) is 5.41 Å². The molecule has 94 valence electrons. The van der Waals surface area contributed by atoms with Crippen LogP contribution in [0.5, 0.6) is 0 Å². The first-order valence-electron chi connectivity index (χ1n) is 6.56. The zero-order chi connectivity index (χ0) is 12.6. The highest BCUT2D eigenvalue weighted by atomic mass is 79.9. The van der Waals surface area contributed by atoms with Gasteiger partial charge in [0.15, 0.2) is 0 Å². The third-order valence-corrected chi connectivity index (χ3v) is 5.07. The first-order chi connectivity index (χ1) is 8.01. The molecule has 2 rings (SSSR count). The summed E-state index contributed by atoms with van der Waals surface area (Å²) in [5.74, 6) is 0.615. The van der Waals surface area contributed by atoms with Crippen molar-refractivity contribution >= 4 is 15.9 Å². The van der Waals surface area contributed by atoms with Gasteiger partial charge in [-0.05, 0) is 49.3 Å². The van der Waals surface area contributed by atoms with Crippen molar-refractivity contribution in [2.24, 2.45) is 5.73 Å². The van der Waals surface area contributed by atoms with Crippen LogP contribution in [0.25, 0.3) is 0 Å². The predicted molar refractivity (Wildman–Crippen MR) is 77.4 cm³/mol. The minimum atomic E-state index is 0.254. The van der Waals surface area contributed by atoms with Crippen LogP contribution < -0.4 is 5.73 Å². The smallest absolute Gasteiger partial charge is 0.0212 e. The summed E-state index contributed by atoms with van der Waals surface area (Å²) in [6, 6.07) is 7.10. The second-order valence-corrected chi connectivity index (χ2v) is 6.34. The molecule has 2 atom stereocenters. The van der Waals surface area contributed by atoms with Gasteiger partial charge >= 0.3 is 0 Å². The molecule has 2 N–H and O–H groups in total. The van der Waals surface area contributed by atoms with Gasteiger partial charge in [-0.2, -0.15) is 0 Å². The molecule has 0 aliphatic heterocycles. The lowest BCUT2D eigenvalue weighted by molar-refractivity contribution is 0.556. The maximum Gasteiger partial charge on any atom is 0.0212 e. The van der Waals surface area contributed by atoms with Crippen LogP contribution >= 0.6 is 15.9 Å². The van der Waals surface area contributed by atoms with Gasteiger partial charge in [-0.1, -0.05) is 41.9 Å². The average molecular weight is 296 g/mol. The molecule has 1 fully saturated rings. The fraction of sp³-hybridized carbons (Fsp3) is 0.600. The normalized spacial score (nSPS) is 21.0. The molecule has 1 aromatic carbocycles. The zero-order valence-corrected chi connectivity index (χ0v) is 12.5. The molecule has 1 aliphatic carbocycles. The van der Waals surface area contributed by atoms with Crippen LogP contribution in [0.2, 0.25) is 0 Å². The Bertz CT molecular complexity index is 407. The van der Waals surface area contributed by atoms with E-state index in [1.54, 1.807) is 0 Å². The standard InChI is InChI=1S/C15H22BrN/c1-4-10(2)13-6-5-12(9-14(13)16)15(7-8-15)11(3)17/h5-6,9-11H,4,7-8,17H2,1-3H3. The summed E-state index contributed by atoms with van der Waals surface area (Å²) in [4.78, 5) is 0. The molecule has 1 aromatic rings. The van der Waals surface area contributed by atoms with Crippen LogP contribution in [0.3, 0.4) is 0 Å². The van der Waals surface area contributed by atoms with Crippen molar-refractivity contribution in [3.05, 3.63) is 33.8 Å². The van der Waals surface area contributed by atoms with Crippen LogP contribution in [0.15, 0.2) is 22.7 Å². The fourth-order valence-corrected chi connectivity index (χ4v) is 3.37. The van der Waals surface area contributed by atoms with Gasteiger partial charge in [-0.3, -0.25) is 0 Å². The van der Waals surface area contributed by atoms with Crippen molar-refractivity contribution in [2.75, 3.05) is 0 Å². The molecule has 2 unspecified atom stereocenters.